The molecule has 1 amide bonds. The third kappa shape index (κ3) is 4.17. The summed E-state index contributed by atoms with van der Waals surface area (Å²) in [5, 5.41) is 14.3. The molecule has 0 fully saturated rings. The van der Waals surface area contributed by atoms with Crippen LogP contribution in [0.4, 0.5) is 5.69 Å². The van der Waals surface area contributed by atoms with Gasteiger partial charge in [-0.1, -0.05) is 17.7 Å². The molecule has 1 aromatic carbocycles. The number of benzene rings is 1. The molecule has 0 aliphatic heterocycles. The van der Waals surface area contributed by atoms with E-state index in [0.717, 1.165) is 16.8 Å². The van der Waals surface area contributed by atoms with Crippen molar-refractivity contribution in [1.29, 1.82) is 0 Å². The minimum atomic E-state index is -0.0893. The van der Waals surface area contributed by atoms with Crippen LogP contribution in [-0.4, -0.2) is 30.7 Å². The Morgan fingerprint density at radius 1 is 1.24 bits per heavy atom. The Morgan fingerprint density at radius 2 is 1.82 bits per heavy atom. The number of nitrogens with one attached hydrogen (secondary N) is 2. The molecule has 0 aliphatic carbocycles. The molecule has 0 spiro atoms. The molecular weight excluding hydrogens is 216 g/mol. The van der Waals surface area contributed by atoms with Crippen LogP contribution in [-0.2, 0) is 4.79 Å². The predicted molar refractivity (Wildman–Crippen MR) is 69.2 cm³/mol. The van der Waals surface area contributed by atoms with Crippen LogP contribution in [0.3, 0.4) is 0 Å². The van der Waals surface area contributed by atoms with Gasteiger partial charge in [-0.05, 0) is 31.9 Å². The molecule has 0 heterocycles. The fraction of sp³-hybridized carbons (Fsp3) is 0.462. The molecule has 1 aromatic rings. The molecular formula is C13H20N2O2. The molecule has 3 N–H and O–H groups in total. The molecule has 1 rings (SSSR count). The Morgan fingerprint density at radius 3 is 2.35 bits per heavy atom. The first-order valence-electron chi connectivity index (χ1n) is 5.74. The molecule has 0 atom stereocenters. The summed E-state index contributed by atoms with van der Waals surface area (Å²) in [6.07, 6.45) is 0. The van der Waals surface area contributed by atoms with Crippen molar-refractivity contribution in [3.63, 3.8) is 0 Å². The van der Waals surface area contributed by atoms with Crippen LogP contribution in [0.2, 0.25) is 0 Å². The summed E-state index contributed by atoms with van der Waals surface area (Å²) in [5.74, 6) is -0.0893. The highest BCUT2D eigenvalue weighted by atomic mass is 16.3. The van der Waals surface area contributed by atoms with Gasteiger partial charge in [0.05, 0.1) is 13.2 Å². The Hall–Kier alpha value is -1.39. The lowest BCUT2D eigenvalue weighted by molar-refractivity contribution is -0.115. The average molecular weight is 236 g/mol. The van der Waals surface area contributed by atoms with Gasteiger partial charge in [0.2, 0.25) is 5.91 Å². The van der Waals surface area contributed by atoms with E-state index in [4.69, 9.17) is 5.11 Å². The van der Waals surface area contributed by atoms with E-state index in [0.29, 0.717) is 6.54 Å². The zero-order valence-electron chi connectivity index (χ0n) is 10.6. The number of hydrogen-bond acceptors (Lipinski definition) is 3. The van der Waals surface area contributed by atoms with Gasteiger partial charge in [0.15, 0.2) is 0 Å². The van der Waals surface area contributed by atoms with Crippen LogP contribution < -0.4 is 10.6 Å². The number of anilines is 1. The summed E-state index contributed by atoms with van der Waals surface area (Å²) in [6.45, 7) is 6.68. The highest BCUT2D eigenvalue weighted by molar-refractivity contribution is 5.93. The second kappa shape index (κ2) is 6.37. The first-order valence-corrected chi connectivity index (χ1v) is 5.74. The van der Waals surface area contributed by atoms with Crippen LogP contribution in [0, 0.1) is 20.8 Å². The van der Waals surface area contributed by atoms with Gasteiger partial charge in [-0.15, -0.1) is 0 Å². The van der Waals surface area contributed by atoms with Crippen molar-refractivity contribution in [1.82, 2.24) is 5.32 Å². The topological polar surface area (TPSA) is 61.4 Å². The van der Waals surface area contributed by atoms with E-state index in [9.17, 15) is 4.79 Å². The van der Waals surface area contributed by atoms with Crippen molar-refractivity contribution in [3.05, 3.63) is 28.8 Å². The van der Waals surface area contributed by atoms with E-state index >= 15 is 0 Å². The Balaban J connectivity index is 2.65. The molecule has 4 heteroatoms. The summed E-state index contributed by atoms with van der Waals surface area (Å²) in [5.41, 5.74) is 4.21. The van der Waals surface area contributed by atoms with Crippen LogP contribution in [0.5, 0.6) is 0 Å². The zero-order valence-corrected chi connectivity index (χ0v) is 10.6. The predicted octanol–water partition coefficient (Wildman–Crippen LogP) is 1.13. The van der Waals surface area contributed by atoms with Crippen molar-refractivity contribution >= 4 is 11.6 Å². The molecule has 0 saturated carbocycles. The summed E-state index contributed by atoms with van der Waals surface area (Å²) in [4.78, 5) is 11.6. The Bertz CT molecular complexity index is 379. The maximum atomic E-state index is 11.6. The molecule has 0 saturated heterocycles. The van der Waals surface area contributed by atoms with Crippen molar-refractivity contribution in [2.45, 2.75) is 20.8 Å². The smallest absolute Gasteiger partial charge is 0.238 e. The first kappa shape index (κ1) is 13.7. The van der Waals surface area contributed by atoms with Gasteiger partial charge < -0.3 is 15.7 Å². The quantitative estimate of drug-likeness (QED) is 0.672. The second-order valence-electron chi connectivity index (χ2n) is 4.22. The Labute approximate surface area is 102 Å². The second-order valence-corrected chi connectivity index (χ2v) is 4.22. The summed E-state index contributed by atoms with van der Waals surface area (Å²) in [6, 6.07) is 4.09. The average Bonchev–Trinajstić information content (AvgIpc) is 2.24. The minimum absolute atomic E-state index is 0.0376. The number of aliphatic hydroxyl groups is 1. The maximum absolute atomic E-state index is 11.6. The first-order chi connectivity index (χ1) is 8.04. The number of aliphatic hydroxyl groups excluding tert-OH is 1. The van der Waals surface area contributed by atoms with Crippen LogP contribution >= 0.6 is 0 Å². The van der Waals surface area contributed by atoms with Gasteiger partial charge >= 0.3 is 0 Å². The molecule has 0 radical (unpaired) electrons. The molecule has 17 heavy (non-hydrogen) atoms. The van der Waals surface area contributed by atoms with E-state index < -0.39 is 0 Å². The van der Waals surface area contributed by atoms with E-state index in [1.54, 1.807) is 0 Å². The number of carbonyl (C=O) groups excluding carboxylic acids is 1. The standard InChI is InChI=1S/C13H20N2O2/c1-9-6-10(2)13(11(3)7-9)15-12(17)8-14-4-5-16/h6-7,14,16H,4-5,8H2,1-3H3,(H,15,17). The van der Waals surface area contributed by atoms with Crippen molar-refractivity contribution in [3.8, 4) is 0 Å². The van der Waals surface area contributed by atoms with Gasteiger partial charge in [0.1, 0.15) is 0 Å². The Kier molecular flexibility index (Phi) is 5.12. The number of carbonyl (C=O) groups is 1. The molecule has 4 nitrogen and oxygen atoms in total. The van der Waals surface area contributed by atoms with Gasteiger partial charge in [0, 0.05) is 12.2 Å². The third-order valence-electron chi connectivity index (χ3n) is 2.52. The molecule has 0 aromatic heterocycles. The fourth-order valence-electron chi connectivity index (χ4n) is 1.84. The lowest BCUT2D eigenvalue weighted by Gasteiger charge is -2.13. The van der Waals surface area contributed by atoms with Gasteiger partial charge in [0.25, 0.3) is 0 Å². The monoisotopic (exact) mass is 236 g/mol. The largest absolute Gasteiger partial charge is 0.395 e. The van der Waals surface area contributed by atoms with Crippen molar-refractivity contribution in [2.24, 2.45) is 0 Å². The fourth-order valence-corrected chi connectivity index (χ4v) is 1.84. The van der Waals surface area contributed by atoms with Gasteiger partial charge in [-0.3, -0.25) is 4.79 Å². The lowest BCUT2D eigenvalue weighted by Crippen LogP contribution is -2.30. The van der Waals surface area contributed by atoms with E-state index in [1.807, 2.05) is 32.9 Å². The number of rotatable bonds is 5. The van der Waals surface area contributed by atoms with E-state index in [-0.39, 0.29) is 19.1 Å². The van der Waals surface area contributed by atoms with Crippen LogP contribution in [0.25, 0.3) is 0 Å². The van der Waals surface area contributed by atoms with Crippen molar-refractivity contribution in [2.75, 3.05) is 25.0 Å². The number of hydrogen-bond donors (Lipinski definition) is 3. The third-order valence-corrected chi connectivity index (χ3v) is 2.52. The van der Waals surface area contributed by atoms with E-state index in [2.05, 4.69) is 10.6 Å². The normalized spacial score (nSPS) is 10.4. The highest BCUT2D eigenvalue weighted by Crippen LogP contribution is 2.21. The minimum Gasteiger partial charge on any atom is -0.395 e. The van der Waals surface area contributed by atoms with Gasteiger partial charge in [-0.2, -0.15) is 0 Å². The molecule has 0 aliphatic rings. The van der Waals surface area contributed by atoms with Crippen LogP contribution in [0.1, 0.15) is 16.7 Å². The van der Waals surface area contributed by atoms with Gasteiger partial charge in [-0.25, -0.2) is 0 Å². The maximum Gasteiger partial charge on any atom is 0.238 e. The zero-order chi connectivity index (χ0) is 12.8. The van der Waals surface area contributed by atoms with Crippen molar-refractivity contribution < 1.29 is 9.90 Å². The SMILES string of the molecule is Cc1cc(C)c(NC(=O)CNCCO)c(C)c1. The number of aryl methyl sites for hydroxylation is 3. The van der Waals surface area contributed by atoms with E-state index in [1.165, 1.54) is 5.56 Å². The summed E-state index contributed by atoms with van der Waals surface area (Å²) in [7, 11) is 0. The summed E-state index contributed by atoms with van der Waals surface area (Å²) < 4.78 is 0. The molecule has 0 unspecified atom stereocenters. The molecule has 94 valence electrons. The van der Waals surface area contributed by atoms with Crippen LogP contribution in [0.15, 0.2) is 12.1 Å². The number of amides is 1. The lowest BCUT2D eigenvalue weighted by atomic mass is 10.1. The molecule has 0 bridgehead atoms. The highest BCUT2D eigenvalue weighted by Gasteiger charge is 2.07. The summed E-state index contributed by atoms with van der Waals surface area (Å²) >= 11 is 0.